The summed E-state index contributed by atoms with van der Waals surface area (Å²) in [7, 11) is 0. The quantitative estimate of drug-likeness (QED) is 0.778. The molecule has 0 amide bonds. The van der Waals surface area contributed by atoms with Gasteiger partial charge in [0.05, 0.1) is 17.3 Å². The van der Waals surface area contributed by atoms with E-state index in [1.54, 1.807) is 12.3 Å². The summed E-state index contributed by atoms with van der Waals surface area (Å²) in [5.41, 5.74) is 6.57. The summed E-state index contributed by atoms with van der Waals surface area (Å²) < 4.78 is 25.9. The number of H-pyrrole nitrogens is 1. The second-order valence-electron chi connectivity index (χ2n) is 4.51. The normalized spacial score (nSPS) is 21.9. The average molecular weight is 223 g/mol. The third kappa shape index (κ3) is 1.24. The molecule has 2 aromatic rings. The maximum absolute atomic E-state index is 12.9. The van der Waals surface area contributed by atoms with Crippen molar-refractivity contribution in [2.24, 2.45) is 5.73 Å². The Morgan fingerprint density at radius 3 is 2.75 bits per heavy atom. The van der Waals surface area contributed by atoms with Crippen LogP contribution in [-0.4, -0.2) is 16.1 Å². The second kappa shape index (κ2) is 2.79. The molecule has 3 rings (SSSR count). The molecule has 5 heteroatoms. The van der Waals surface area contributed by atoms with E-state index in [2.05, 4.69) is 10.2 Å². The molecule has 1 aromatic heterocycles. The monoisotopic (exact) mass is 223 g/mol. The minimum atomic E-state index is -2.63. The van der Waals surface area contributed by atoms with E-state index >= 15 is 0 Å². The Bertz CT molecular complexity index is 539. The Balaban J connectivity index is 2.10. The number of fused-ring (bicyclic) bond motifs is 1. The first-order valence-corrected chi connectivity index (χ1v) is 5.10. The maximum atomic E-state index is 12.9. The van der Waals surface area contributed by atoms with E-state index in [4.69, 9.17) is 5.73 Å². The largest absolute Gasteiger partial charge is 0.321 e. The number of hydrogen-bond acceptors (Lipinski definition) is 2. The number of aromatic amines is 1. The van der Waals surface area contributed by atoms with Crippen molar-refractivity contribution in [3.8, 4) is 0 Å². The number of benzene rings is 1. The van der Waals surface area contributed by atoms with Crippen molar-refractivity contribution in [3.05, 3.63) is 30.0 Å². The number of rotatable bonds is 1. The Labute approximate surface area is 90.6 Å². The van der Waals surface area contributed by atoms with Crippen molar-refractivity contribution >= 4 is 10.9 Å². The Kier molecular flexibility index (Phi) is 1.70. The van der Waals surface area contributed by atoms with E-state index in [1.165, 1.54) is 0 Å². The van der Waals surface area contributed by atoms with Gasteiger partial charge >= 0.3 is 0 Å². The number of nitrogens with two attached hydrogens (primary N) is 1. The average Bonchev–Trinajstić information content (AvgIpc) is 2.60. The fourth-order valence-corrected chi connectivity index (χ4v) is 2.45. The van der Waals surface area contributed by atoms with Crippen LogP contribution in [0, 0.1) is 0 Å². The van der Waals surface area contributed by atoms with Crippen molar-refractivity contribution in [1.82, 2.24) is 10.2 Å². The van der Waals surface area contributed by atoms with Crippen molar-refractivity contribution in [2.75, 3.05) is 0 Å². The summed E-state index contributed by atoms with van der Waals surface area (Å²) in [4.78, 5) is 0. The molecule has 0 spiro atoms. The van der Waals surface area contributed by atoms with Crippen molar-refractivity contribution in [2.45, 2.75) is 24.3 Å². The van der Waals surface area contributed by atoms with Crippen molar-refractivity contribution in [1.29, 1.82) is 0 Å². The molecule has 1 aliphatic carbocycles. The van der Waals surface area contributed by atoms with Crippen LogP contribution in [0.15, 0.2) is 24.4 Å². The van der Waals surface area contributed by atoms with Gasteiger partial charge in [-0.15, -0.1) is 0 Å². The van der Waals surface area contributed by atoms with E-state index in [0.717, 1.165) is 16.5 Å². The SMILES string of the molecule is NC1(c2cccc3cn[nH]c23)CC(F)(F)C1. The number of nitrogens with one attached hydrogen (secondary N) is 1. The van der Waals surface area contributed by atoms with Gasteiger partial charge in [0, 0.05) is 18.2 Å². The lowest BCUT2D eigenvalue weighted by Crippen LogP contribution is -2.55. The van der Waals surface area contributed by atoms with Gasteiger partial charge in [-0.05, 0) is 5.56 Å². The first-order chi connectivity index (χ1) is 7.50. The lowest BCUT2D eigenvalue weighted by molar-refractivity contribution is -0.124. The Morgan fingerprint density at radius 1 is 1.31 bits per heavy atom. The highest BCUT2D eigenvalue weighted by Crippen LogP contribution is 2.50. The van der Waals surface area contributed by atoms with Crippen LogP contribution in [-0.2, 0) is 5.54 Å². The molecule has 0 unspecified atom stereocenters. The van der Waals surface area contributed by atoms with Gasteiger partial charge in [-0.25, -0.2) is 8.78 Å². The van der Waals surface area contributed by atoms with E-state index < -0.39 is 11.5 Å². The molecule has 1 heterocycles. The molecular weight excluding hydrogens is 212 g/mol. The Hall–Kier alpha value is -1.49. The zero-order chi connectivity index (χ0) is 11.4. The summed E-state index contributed by atoms with van der Waals surface area (Å²) in [5.74, 6) is -2.63. The number of nitrogens with zero attached hydrogens (tertiary/aromatic N) is 1. The molecule has 84 valence electrons. The van der Waals surface area contributed by atoms with Crippen LogP contribution in [0.3, 0.4) is 0 Å². The minimum absolute atomic E-state index is 0.294. The number of aromatic nitrogens is 2. The molecule has 16 heavy (non-hydrogen) atoms. The second-order valence-corrected chi connectivity index (χ2v) is 4.51. The molecular formula is C11H11F2N3. The van der Waals surface area contributed by atoms with Crippen LogP contribution in [0.1, 0.15) is 18.4 Å². The van der Waals surface area contributed by atoms with E-state index in [9.17, 15) is 8.78 Å². The Morgan fingerprint density at radius 2 is 2.06 bits per heavy atom. The molecule has 0 radical (unpaired) electrons. The summed E-state index contributed by atoms with van der Waals surface area (Å²) in [5, 5.41) is 7.62. The van der Waals surface area contributed by atoms with Gasteiger partial charge in [-0.3, -0.25) is 5.10 Å². The molecule has 3 N–H and O–H groups in total. The van der Waals surface area contributed by atoms with E-state index in [0.29, 0.717) is 0 Å². The van der Waals surface area contributed by atoms with E-state index in [-0.39, 0.29) is 12.8 Å². The van der Waals surface area contributed by atoms with Gasteiger partial charge in [0.15, 0.2) is 0 Å². The number of alkyl halides is 2. The van der Waals surface area contributed by atoms with Crippen molar-refractivity contribution < 1.29 is 8.78 Å². The molecule has 3 nitrogen and oxygen atoms in total. The first kappa shape index (κ1) is 9.72. The van der Waals surface area contributed by atoms with Crippen LogP contribution in [0.5, 0.6) is 0 Å². The summed E-state index contributed by atoms with van der Waals surface area (Å²) in [6.07, 6.45) is 1.08. The van der Waals surface area contributed by atoms with Gasteiger partial charge in [-0.2, -0.15) is 5.10 Å². The van der Waals surface area contributed by atoms with Gasteiger partial charge in [0.1, 0.15) is 0 Å². The molecule has 1 aromatic carbocycles. The summed E-state index contributed by atoms with van der Waals surface area (Å²) >= 11 is 0. The van der Waals surface area contributed by atoms with Crippen LogP contribution in [0.4, 0.5) is 8.78 Å². The first-order valence-electron chi connectivity index (χ1n) is 5.10. The predicted octanol–water partition coefficient (Wildman–Crippen LogP) is 2.15. The van der Waals surface area contributed by atoms with Crippen LogP contribution in [0.25, 0.3) is 10.9 Å². The molecule has 0 saturated heterocycles. The highest BCUT2D eigenvalue weighted by molar-refractivity contribution is 5.82. The predicted molar refractivity (Wildman–Crippen MR) is 56.1 cm³/mol. The fraction of sp³-hybridized carbons (Fsp3) is 0.364. The van der Waals surface area contributed by atoms with E-state index in [1.807, 2.05) is 12.1 Å². The zero-order valence-electron chi connectivity index (χ0n) is 8.50. The van der Waals surface area contributed by atoms with Gasteiger partial charge in [-0.1, -0.05) is 18.2 Å². The van der Waals surface area contributed by atoms with Crippen LogP contribution < -0.4 is 5.73 Å². The van der Waals surface area contributed by atoms with Crippen LogP contribution >= 0.6 is 0 Å². The molecule has 1 saturated carbocycles. The number of hydrogen-bond donors (Lipinski definition) is 2. The molecule has 1 fully saturated rings. The third-order valence-electron chi connectivity index (χ3n) is 3.16. The summed E-state index contributed by atoms with van der Waals surface area (Å²) in [6.45, 7) is 0. The van der Waals surface area contributed by atoms with Gasteiger partial charge in [0.25, 0.3) is 5.92 Å². The molecule has 1 aliphatic rings. The molecule has 0 bridgehead atoms. The van der Waals surface area contributed by atoms with Gasteiger partial charge in [0.2, 0.25) is 0 Å². The topological polar surface area (TPSA) is 54.7 Å². The minimum Gasteiger partial charge on any atom is -0.321 e. The van der Waals surface area contributed by atoms with Crippen LogP contribution in [0.2, 0.25) is 0 Å². The zero-order valence-corrected chi connectivity index (χ0v) is 8.50. The lowest BCUT2D eigenvalue weighted by atomic mass is 9.69. The molecule has 0 aliphatic heterocycles. The highest BCUT2D eigenvalue weighted by Gasteiger charge is 2.55. The smallest absolute Gasteiger partial charge is 0.252 e. The highest BCUT2D eigenvalue weighted by atomic mass is 19.3. The third-order valence-corrected chi connectivity index (χ3v) is 3.16. The lowest BCUT2D eigenvalue weighted by Gasteiger charge is -2.44. The number of halogens is 2. The maximum Gasteiger partial charge on any atom is 0.252 e. The number of para-hydroxylation sites is 1. The van der Waals surface area contributed by atoms with Gasteiger partial charge < -0.3 is 5.73 Å². The van der Waals surface area contributed by atoms with Crippen molar-refractivity contribution in [3.63, 3.8) is 0 Å². The molecule has 0 atom stereocenters. The fourth-order valence-electron chi connectivity index (χ4n) is 2.45. The standard InChI is InChI=1S/C11H11F2N3/c12-11(13)5-10(14,6-11)8-3-1-2-7-4-15-16-9(7)8/h1-4H,5-6,14H2,(H,15,16). The summed E-state index contributed by atoms with van der Waals surface area (Å²) in [6, 6.07) is 5.48.